The van der Waals surface area contributed by atoms with Gasteiger partial charge in [0.15, 0.2) is 0 Å². The van der Waals surface area contributed by atoms with Crippen molar-refractivity contribution in [3.63, 3.8) is 0 Å². The average molecular weight is 274 g/mol. The summed E-state index contributed by atoms with van der Waals surface area (Å²) in [5.41, 5.74) is 8.02. The number of hydrogen-bond donors (Lipinski definition) is 2. The Labute approximate surface area is 117 Å². The highest BCUT2D eigenvalue weighted by atomic mass is 16.4. The molecule has 1 aromatic heterocycles. The van der Waals surface area contributed by atoms with Crippen molar-refractivity contribution in [3.05, 3.63) is 30.2 Å². The van der Waals surface area contributed by atoms with Crippen LogP contribution in [0.15, 0.2) is 29.0 Å². The summed E-state index contributed by atoms with van der Waals surface area (Å²) < 4.78 is 5.15. The molecule has 1 atom stereocenters. The lowest BCUT2D eigenvalue weighted by Gasteiger charge is -2.11. The molecular weight excluding hydrogens is 256 g/mol. The predicted molar refractivity (Wildman–Crippen MR) is 75.9 cm³/mol. The number of aryl methyl sites for hydroxylation is 1. The topological polar surface area (TPSA) is 94.0 Å². The third-order valence-corrected chi connectivity index (χ3v) is 3.05. The summed E-state index contributed by atoms with van der Waals surface area (Å²) >= 11 is 0. The quantitative estimate of drug-likeness (QED) is 0.869. The van der Waals surface area contributed by atoms with E-state index in [2.05, 4.69) is 15.5 Å². The first-order valence-corrected chi connectivity index (χ1v) is 6.47. The third-order valence-electron chi connectivity index (χ3n) is 3.05. The minimum atomic E-state index is -0.0475. The Morgan fingerprint density at radius 2 is 2.30 bits per heavy atom. The van der Waals surface area contributed by atoms with Gasteiger partial charge in [-0.05, 0) is 37.1 Å². The van der Waals surface area contributed by atoms with Crippen LogP contribution in [-0.2, 0) is 4.79 Å². The van der Waals surface area contributed by atoms with E-state index in [4.69, 9.17) is 10.2 Å². The summed E-state index contributed by atoms with van der Waals surface area (Å²) in [4.78, 5) is 11.9. The van der Waals surface area contributed by atoms with Gasteiger partial charge < -0.3 is 15.5 Å². The molecule has 0 saturated heterocycles. The van der Waals surface area contributed by atoms with Crippen molar-refractivity contribution in [2.24, 2.45) is 11.7 Å². The summed E-state index contributed by atoms with van der Waals surface area (Å²) in [6.07, 6.45) is 1.68. The molecule has 106 valence electrons. The monoisotopic (exact) mass is 274 g/mol. The third kappa shape index (κ3) is 3.42. The average Bonchev–Trinajstić information content (AvgIpc) is 2.95. The number of carbonyl (C=O) groups is 1. The summed E-state index contributed by atoms with van der Waals surface area (Å²) in [5, 5.41) is 10.4. The van der Waals surface area contributed by atoms with Crippen LogP contribution >= 0.6 is 0 Å². The molecule has 1 heterocycles. The number of nitrogens with one attached hydrogen (secondary N) is 1. The first-order valence-electron chi connectivity index (χ1n) is 6.47. The van der Waals surface area contributed by atoms with Crippen molar-refractivity contribution in [3.8, 4) is 11.5 Å². The van der Waals surface area contributed by atoms with Gasteiger partial charge in [-0.15, -0.1) is 10.2 Å². The molecule has 0 aliphatic rings. The van der Waals surface area contributed by atoms with E-state index >= 15 is 0 Å². The van der Waals surface area contributed by atoms with Crippen LogP contribution in [0.2, 0.25) is 0 Å². The number of rotatable bonds is 5. The number of anilines is 1. The second-order valence-electron chi connectivity index (χ2n) is 4.87. The Kier molecular flexibility index (Phi) is 4.47. The predicted octanol–water partition coefficient (Wildman–Crippen LogP) is 1.97. The highest BCUT2D eigenvalue weighted by molar-refractivity contribution is 5.92. The zero-order chi connectivity index (χ0) is 14.5. The van der Waals surface area contributed by atoms with Crippen LogP contribution in [-0.4, -0.2) is 22.6 Å². The maximum Gasteiger partial charge on any atom is 0.247 e. The highest BCUT2D eigenvalue weighted by Gasteiger charge is 2.11. The largest absolute Gasteiger partial charge is 0.423 e. The van der Waals surface area contributed by atoms with Crippen molar-refractivity contribution in [2.75, 3.05) is 11.9 Å². The standard InChI is InChI=1S/C14H18N4O2/c1-9(7-15)5-13(19)17-12-6-11(4-3-10(12)2)14-18-16-8-20-14/h3-4,6,8-9H,5,7,15H2,1-2H3,(H,17,19). The van der Waals surface area contributed by atoms with Gasteiger partial charge in [0.1, 0.15) is 0 Å². The van der Waals surface area contributed by atoms with E-state index in [0.717, 1.165) is 16.8 Å². The van der Waals surface area contributed by atoms with Gasteiger partial charge in [-0.1, -0.05) is 13.0 Å². The molecule has 0 bridgehead atoms. The van der Waals surface area contributed by atoms with Crippen molar-refractivity contribution >= 4 is 11.6 Å². The first kappa shape index (κ1) is 14.2. The minimum absolute atomic E-state index is 0.0475. The van der Waals surface area contributed by atoms with Crippen molar-refractivity contribution in [2.45, 2.75) is 20.3 Å². The van der Waals surface area contributed by atoms with Crippen LogP contribution in [0, 0.1) is 12.8 Å². The van der Waals surface area contributed by atoms with Gasteiger partial charge in [-0.25, -0.2) is 0 Å². The fraction of sp³-hybridized carbons (Fsp3) is 0.357. The van der Waals surface area contributed by atoms with Crippen LogP contribution in [0.3, 0.4) is 0 Å². The molecule has 20 heavy (non-hydrogen) atoms. The fourth-order valence-electron chi connectivity index (χ4n) is 1.79. The molecule has 3 N–H and O–H groups in total. The van der Waals surface area contributed by atoms with Crippen LogP contribution < -0.4 is 11.1 Å². The molecule has 0 aliphatic heterocycles. The zero-order valence-corrected chi connectivity index (χ0v) is 11.6. The number of nitrogens with two attached hydrogens (primary N) is 1. The van der Waals surface area contributed by atoms with Gasteiger partial charge in [-0.3, -0.25) is 4.79 Å². The molecule has 0 fully saturated rings. The van der Waals surface area contributed by atoms with E-state index < -0.39 is 0 Å². The van der Waals surface area contributed by atoms with Crippen LogP contribution in [0.4, 0.5) is 5.69 Å². The number of nitrogens with zero attached hydrogens (tertiary/aromatic N) is 2. The van der Waals surface area contributed by atoms with E-state index in [-0.39, 0.29) is 11.8 Å². The highest BCUT2D eigenvalue weighted by Crippen LogP contribution is 2.24. The van der Waals surface area contributed by atoms with Gasteiger partial charge in [0.05, 0.1) is 0 Å². The lowest BCUT2D eigenvalue weighted by molar-refractivity contribution is -0.116. The maximum atomic E-state index is 11.9. The molecule has 0 radical (unpaired) electrons. The summed E-state index contributed by atoms with van der Waals surface area (Å²) in [7, 11) is 0. The molecule has 0 spiro atoms. The molecule has 6 heteroatoms. The van der Waals surface area contributed by atoms with E-state index in [9.17, 15) is 4.79 Å². The van der Waals surface area contributed by atoms with Crippen LogP contribution in [0.5, 0.6) is 0 Å². The van der Waals surface area contributed by atoms with Gasteiger partial charge in [0, 0.05) is 17.7 Å². The maximum absolute atomic E-state index is 11.9. The smallest absolute Gasteiger partial charge is 0.247 e. The molecule has 1 unspecified atom stereocenters. The normalized spacial score (nSPS) is 12.2. The number of amides is 1. The van der Waals surface area contributed by atoms with Crippen molar-refractivity contribution < 1.29 is 9.21 Å². The molecular formula is C14H18N4O2. The number of carbonyl (C=O) groups excluding carboxylic acids is 1. The van der Waals surface area contributed by atoms with Gasteiger partial charge in [-0.2, -0.15) is 0 Å². The lowest BCUT2D eigenvalue weighted by Crippen LogP contribution is -2.20. The zero-order valence-electron chi connectivity index (χ0n) is 11.6. The second-order valence-corrected chi connectivity index (χ2v) is 4.87. The number of benzene rings is 1. The molecule has 1 aromatic carbocycles. The van der Waals surface area contributed by atoms with Crippen molar-refractivity contribution in [1.29, 1.82) is 0 Å². The Morgan fingerprint density at radius 3 is 2.95 bits per heavy atom. The summed E-state index contributed by atoms with van der Waals surface area (Å²) in [6.45, 7) is 4.37. The molecule has 2 aromatic rings. The molecule has 1 amide bonds. The Balaban J connectivity index is 2.15. The Bertz CT molecular complexity index is 581. The van der Waals surface area contributed by atoms with Crippen molar-refractivity contribution in [1.82, 2.24) is 10.2 Å². The summed E-state index contributed by atoms with van der Waals surface area (Å²) in [5.74, 6) is 0.541. The van der Waals surface area contributed by atoms with Gasteiger partial charge >= 0.3 is 0 Å². The molecule has 0 aliphatic carbocycles. The number of hydrogen-bond acceptors (Lipinski definition) is 5. The Hall–Kier alpha value is -2.21. The number of aromatic nitrogens is 2. The lowest BCUT2D eigenvalue weighted by atomic mass is 10.1. The molecule has 0 saturated carbocycles. The van der Waals surface area contributed by atoms with E-state index in [1.165, 1.54) is 6.39 Å². The minimum Gasteiger partial charge on any atom is -0.423 e. The van der Waals surface area contributed by atoms with E-state index in [0.29, 0.717) is 18.9 Å². The SMILES string of the molecule is Cc1ccc(-c2nnco2)cc1NC(=O)CC(C)CN. The Morgan fingerprint density at radius 1 is 1.50 bits per heavy atom. The second kappa shape index (κ2) is 6.29. The van der Waals surface area contributed by atoms with Gasteiger partial charge in [0.2, 0.25) is 18.2 Å². The van der Waals surface area contributed by atoms with E-state index in [1.807, 2.05) is 32.0 Å². The van der Waals surface area contributed by atoms with Gasteiger partial charge in [0.25, 0.3) is 0 Å². The molecule has 2 rings (SSSR count). The fourth-order valence-corrected chi connectivity index (χ4v) is 1.79. The van der Waals surface area contributed by atoms with E-state index in [1.54, 1.807) is 0 Å². The van der Waals surface area contributed by atoms with Crippen LogP contribution in [0.25, 0.3) is 11.5 Å². The van der Waals surface area contributed by atoms with Crippen LogP contribution in [0.1, 0.15) is 18.9 Å². The first-order chi connectivity index (χ1) is 9.60. The summed E-state index contributed by atoms with van der Waals surface area (Å²) in [6, 6.07) is 5.61. The molecule has 6 nitrogen and oxygen atoms in total.